The lowest BCUT2D eigenvalue weighted by molar-refractivity contribution is -0.147. The molecule has 0 spiro atoms. The van der Waals surface area contributed by atoms with Crippen LogP contribution in [0.5, 0.6) is 0 Å². The lowest BCUT2D eigenvalue weighted by Crippen LogP contribution is -2.43. The molecule has 0 aromatic carbocycles. The molecule has 41 heavy (non-hydrogen) atoms. The topological polar surface area (TPSA) is 169 Å². The van der Waals surface area contributed by atoms with Gasteiger partial charge in [0.1, 0.15) is 12.7 Å². The van der Waals surface area contributed by atoms with Crippen LogP contribution < -0.4 is 5.32 Å². The molecule has 0 aliphatic carbocycles. The number of aliphatic hydroxyl groups excluding tert-OH is 1. The Balaban J connectivity index is 3.76. The number of carboxylic acids is 1. The minimum atomic E-state index is -4.71. The predicted molar refractivity (Wildman–Crippen MR) is 157 cm³/mol. The van der Waals surface area contributed by atoms with Gasteiger partial charge in [0.2, 0.25) is 5.91 Å². The summed E-state index contributed by atoms with van der Waals surface area (Å²) in [6, 6.07) is -1.53. The smallest absolute Gasteiger partial charge is 0.472 e. The van der Waals surface area contributed by atoms with Gasteiger partial charge < -0.3 is 25.2 Å². The number of phosphoric acid groups is 1. The third-order valence-electron chi connectivity index (χ3n) is 6.62. The molecule has 0 aromatic heterocycles. The third kappa shape index (κ3) is 25.9. The molecule has 0 aliphatic heterocycles. The number of aliphatic hydroxyl groups is 1. The molecule has 4 N–H and O–H groups in total. The fourth-order valence-corrected chi connectivity index (χ4v) is 4.95. The second kappa shape index (κ2) is 26.1. The van der Waals surface area contributed by atoms with Gasteiger partial charge in [-0.2, -0.15) is 0 Å². The van der Waals surface area contributed by atoms with Crippen LogP contribution >= 0.6 is 7.82 Å². The zero-order valence-electron chi connectivity index (χ0n) is 25.4. The van der Waals surface area contributed by atoms with Gasteiger partial charge in [0.05, 0.1) is 13.2 Å². The van der Waals surface area contributed by atoms with Gasteiger partial charge in [0, 0.05) is 12.8 Å². The number of carboxylic acid groups (broad SMARTS) is 1. The fraction of sp³-hybridized carbons (Fsp3) is 0.897. The van der Waals surface area contributed by atoms with Crippen LogP contribution in [0.25, 0.3) is 0 Å². The molecule has 12 heteroatoms. The van der Waals surface area contributed by atoms with E-state index in [-0.39, 0.29) is 12.8 Å². The number of hydrogen-bond acceptors (Lipinski definition) is 8. The van der Waals surface area contributed by atoms with Gasteiger partial charge in [-0.25, -0.2) is 9.36 Å². The van der Waals surface area contributed by atoms with Gasteiger partial charge in [-0.3, -0.25) is 18.6 Å². The van der Waals surface area contributed by atoms with E-state index in [1.54, 1.807) is 6.92 Å². The molecule has 0 heterocycles. The third-order valence-corrected chi connectivity index (χ3v) is 7.57. The first-order valence-corrected chi connectivity index (χ1v) is 17.1. The van der Waals surface area contributed by atoms with Crippen molar-refractivity contribution in [2.24, 2.45) is 0 Å². The molecule has 0 rings (SSSR count). The first-order chi connectivity index (χ1) is 19.6. The van der Waals surface area contributed by atoms with E-state index in [1.165, 1.54) is 77.0 Å². The van der Waals surface area contributed by atoms with Crippen LogP contribution in [-0.4, -0.2) is 64.9 Å². The predicted octanol–water partition coefficient (Wildman–Crippen LogP) is 6.05. The maximum absolute atomic E-state index is 12.0. The van der Waals surface area contributed by atoms with Crippen molar-refractivity contribution in [3.63, 3.8) is 0 Å². The van der Waals surface area contributed by atoms with Gasteiger partial charge >= 0.3 is 19.8 Å². The summed E-state index contributed by atoms with van der Waals surface area (Å²) >= 11 is 0. The van der Waals surface area contributed by atoms with Crippen LogP contribution in [0.15, 0.2) is 0 Å². The number of rotatable bonds is 29. The minimum absolute atomic E-state index is 0.0987. The number of hydrogen-bond donors (Lipinski definition) is 4. The Morgan fingerprint density at radius 3 is 1.61 bits per heavy atom. The molecule has 0 aromatic rings. The van der Waals surface area contributed by atoms with E-state index in [0.717, 1.165) is 19.3 Å². The van der Waals surface area contributed by atoms with Crippen molar-refractivity contribution in [1.82, 2.24) is 5.32 Å². The van der Waals surface area contributed by atoms with E-state index >= 15 is 0 Å². The Hall–Kier alpha value is -1.52. The Kier molecular flexibility index (Phi) is 25.2. The lowest BCUT2D eigenvalue weighted by atomic mass is 10.0. The average molecular weight is 610 g/mol. The number of esters is 1. The minimum Gasteiger partial charge on any atom is -0.480 e. The molecule has 3 unspecified atom stereocenters. The monoisotopic (exact) mass is 609 g/mol. The van der Waals surface area contributed by atoms with Gasteiger partial charge in [-0.05, 0) is 12.8 Å². The molecule has 0 radical (unpaired) electrons. The van der Waals surface area contributed by atoms with E-state index < -0.39 is 57.6 Å². The van der Waals surface area contributed by atoms with Crippen LogP contribution in [-0.2, 0) is 32.7 Å². The van der Waals surface area contributed by atoms with Crippen LogP contribution in [0.3, 0.4) is 0 Å². The van der Waals surface area contributed by atoms with E-state index in [4.69, 9.17) is 9.84 Å². The quantitative estimate of drug-likeness (QED) is 0.0445. The normalized spacial score (nSPS) is 14.2. The highest BCUT2D eigenvalue weighted by Crippen LogP contribution is 2.43. The van der Waals surface area contributed by atoms with E-state index in [9.17, 15) is 28.9 Å². The first-order valence-electron chi connectivity index (χ1n) is 15.6. The van der Waals surface area contributed by atoms with E-state index in [0.29, 0.717) is 12.8 Å². The zero-order chi connectivity index (χ0) is 30.8. The number of phosphoric ester groups is 1. The molecule has 242 valence electrons. The summed E-state index contributed by atoms with van der Waals surface area (Å²) in [6.45, 7) is 2.11. The lowest BCUT2D eigenvalue weighted by Gasteiger charge is -2.18. The van der Waals surface area contributed by atoms with Crippen LogP contribution in [0.4, 0.5) is 0 Å². The van der Waals surface area contributed by atoms with E-state index in [2.05, 4.69) is 21.3 Å². The van der Waals surface area contributed by atoms with Gasteiger partial charge in [-0.15, -0.1) is 0 Å². The van der Waals surface area contributed by atoms with Crippen molar-refractivity contribution in [3.05, 3.63) is 0 Å². The molecule has 0 aliphatic rings. The van der Waals surface area contributed by atoms with Gasteiger partial charge in [0.25, 0.3) is 0 Å². The number of aliphatic carboxylic acids is 1. The van der Waals surface area contributed by atoms with Crippen molar-refractivity contribution >= 4 is 25.7 Å². The summed E-state index contributed by atoms with van der Waals surface area (Å²) in [7, 11) is -4.71. The SMILES string of the molecule is CCCCCCCCCCCCCCCCCCC(=O)OCC(O)COP(=O)(O)OCC(NC(=O)CCC)C(=O)O. The van der Waals surface area contributed by atoms with Crippen molar-refractivity contribution in [2.75, 3.05) is 19.8 Å². The second-order valence-electron chi connectivity index (χ2n) is 10.7. The summed E-state index contributed by atoms with van der Waals surface area (Å²) in [6.07, 6.45) is 19.3. The van der Waals surface area contributed by atoms with Crippen molar-refractivity contribution in [2.45, 2.75) is 148 Å². The molecule has 11 nitrogen and oxygen atoms in total. The molecule has 0 bridgehead atoms. The summed E-state index contributed by atoms with van der Waals surface area (Å²) in [5.74, 6) is -2.44. The number of amides is 1. The van der Waals surface area contributed by atoms with Crippen LogP contribution in [0.2, 0.25) is 0 Å². The molecule has 3 atom stereocenters. The highest BCUT2D eigenvalue weighted by atomic mass is 31.2. The maximum Gasteiger partial charge on any atom is 0.472 e. The maximum atomic E-state index is 12.0. The standard InChI is InChI=1S/C29H56NO10P/c1-3-5-6-7-8-9-10-11-12-13-14-15-16-17-18-19-21-28(33)38-22-25(31)23-39-41(36,37)40-24-26(29(34)35)30-27(32)20-4-2/h25-26,31H,3-24H2,1-2H3,(H,30,32)(H,34,35)(H,36,37). The number of nitrogens with one attached hydrogen (secondary N) is 1. The van der Waals surface area contributed by atoms with Crippen LogP contribution in [0, 0.1) is 0 Å². The molecule has 0 saturated carbocycles. The van der Waals surface area contributed by atoms with Crippen molar-refractivity contribution in [3.8, 4) is 0 Å². The van der Waals surface area contributed by atoms with Crippen molar-refractivity contribution < 1.29 is 47.8 Å². The first kappa shape index (κ1) is 39.5. The molecule has 0 fully saturated rings. The largest absolute Gasteiger partial charge is 0.480 e. The summed E-state index contributed by atoms with van der Waals surface area (Å²) in [5, 5.41) is 21.2. The summed E-state index contributed by atoms with van der Waals surface area (Å²) in [5.41, 5.74) is 0. The molecule has 0 saturated heterocycles. The van der Waals surface area contributed by atoms with E-state index in [1.807, 2.05) is 0 Å². The van der Waals surface area contributed by atoms with Gasteiger partial charge in [-0.1, -0.05) is 110 Å². The number of ether oxygens (including phenoxy) is 1. The molecular weight excluding hydrogens is 553 g/mol. The van der Waals surface area contributed by atoms with Crippen molar-refractivity contribution in [1.29, 1.82) is 0 Å². The summed E-state index contributed by atoms with van der Waals surface area (Å²) in [4.78, 5) is 44.4. The second-order valence-corrected chi connectivity index (χ2v) is 12.1. The Labute approximate surface area is 246 Å². The Morgan fingerprint density at radius 1 is 0.683 bits per heavy atom. The summed E-state index contributed by atoms with van der Waals surface area (Å²) < 4.78 is 26.2. The molecular formula is C29H56NO10P. The highest BCUT2D eigenvalue weighted by molar-refractivity contribution is 7.47. The number of carbonyl (C=O) groups excluding carboxylic acids is 2. The number of carbonyl (C=O) groups is 3. The number of unbranched alkanes of at least 4 members (excludes halogenated alkanes) is 15. The Morgan fingerprint density at radius 2 is 1.15 bits per heavy atom. The fourth-order valence-electron chi connectivity index (χ4n) is 4.18. The van der Waals surface area contributed by atoms with Gasteiger partial charge in [0.15, 0.2) is 6.04 Å². The average Bonchev–Trinajstić information content (AvgIpc) is 2.92. The highest BCUT2D eigenvalue weighted by Gasteiger charge is 2.28. The zero-order valence-corrected chi connectivity index (χ0v) is 26.3. The van der Waals surface area contributed by atoms with Crippen LogP contribution in [0.1, 0.15) is 136 Å². The molecule has 1 amide bonds. The Bertz CT molecular complexity index is 736.